The summed E-state index contributed by atoms with van der Waals surface area (Å²) in [6.45, 7) is 3.08. The molecule has 2 heterocycles. The van der Waals surface area contributed by atoms with Gasteiger partial charge in [-0.2, -0.15) is 0 Å². The smallest absolute Gasteiger partial charge is 0.124 e. The van der Waals surface area contributed by atoms with E-state index < -0.39 is 0 Å². The third-order valence-electron chi connectivity index (χ3n) is 3.16. The van der Waals surface area contributed by atoms with Crippen LogP contribution >= 0.6 is 11.3 Å². The lowest BCUT2D eigenvalue weighted by atomic mass is 10.2. The van der Waals surface area contributed by atoms with Crippen molar-refractivity contribution in [3.05, 3.63) is 54.6 Å². The van der Waals surface area contributed by atoms with E-state index in [1.54, 1.807) is 29.8 Å². The lowest BCUT2D eigenvalue weighted by Crippen LogP contribution is -2.16. The van der Waals surface area contributed by atoms with Crippen LogP contribution in [0.2, 0.25) is 0 Å². The molecule has 0 bridgehead atoms. The van der Waals surface area contributed by atoms with Gasteiger partial charge in [0.15, 0.2) is 0 Å². The van der Waals surface area contributed by atoms with Gasteiger partial charge >= 0.3 is 0 Å². The first kappa shape index (κ1) is 13.1. The van der Waals surface area contributed by atoms with Crippen molar-refractivity contribution in [3.63, 3.8) is 0 Å². The van der Waals surface area contributed by atoms with Crippen molar-refractivity contribution in [2.24, 2.45) is 0 Å². The van der Waals surface area contributed by atoms with Gasteiger partial charge in [0.2, 0.25) is 0 Å². The average molecular weight is 286 g/mol. The minimum Gasteiger partial charge on any atom is -0.333 e. The number of aromatic nitrogens is 1. The molecule has 0 N–H and O–H groups in total. The van der Waals surface area contributed by atoms with E-state index in [2.05, 4.69) is 22.9 Å². The van der Waals surface area contributed by atoms with E-state index in [0.717, 1.165) is 33.7 Å². The van der Waals surface area contributed by atoms with Crippen molar-refractivity contribution in [1.82, 2.24) is 4.98 Å². The zero-order chi connectivity index (χ0) is 13.9. The Kier molecular flexibility index (Phi) is 3.65. The average Bonchev–Trinajstić information content (AvgIpc) is 2.88. The van der Waals surface area contributed by atoms with Crippen molar-refractivity contribution in [2.75, 3.05) is 11.4 Å². The number of anilines is 2. The molecule has 102 valence electrons. The maximum atomic E-state index is 13.3. The van der Waals surface area contributed by atoms with Crippen LogP contribution in [0.5, 0.6) is 0 Å². The Morgan fingerprint density at radius 2 is 1.95 bits per heavy atom. The van der Waals surface area contributed by atoms with Crippen molar-refractivity contribution in [3.8, 4) is 0 Å². The largest absolute Gasteiger partial charge is 0.333 e. The molecular formula is C16H15FN2S. The summed E-state index contributed by atoms with van der Waals surface area (Å²) in [5.74, 6) is -0.183. The first-order valence-electron chi connectivity index (χ1n) is 6.64. The predicted octanol–water partition coefficient (Wildman–Crippen LogP) is 4.98. The van der Waals surface area contributed by atoms with Crippen molar-refractivity contribution < 1.29 is 4.39 Å². The van der Waals surface area contributed by atoms with Crippen LogP contribution in [-0.2, 0) is 0 Å². The molecule has 0 radical (unpaired) electrons. The maximum absolute atomic E-state index is 13.3. The Labute approximate surface area is 121 Å². The van der Waals surface area contributed by atoms with E-state index in [4.69, 9.17) is 0 Å². The highest BCUT2D eigenvalue weighted by Crippen LogP contribution is 2.36. The second-order valence-electron chi connectivity index (χ2n) is 4.62. The van der Waals surface area contributed by atoms with Crippen LogP contribution < -0.4 is 4.90 Å². The van der Waals surface area contributed by atoms with E-state index in [1.807, 2.05) is 18.2 Å². The summed E-state index contributed by atoms with van der Waals surface area (Å²) in [7, 11) is 0. The fraction of sp³-hybridized carbons (Fsp3) is 0.188. The van der Waals surface area contributed by atoms with E-state index in [1.165, 1.54) is 6.07 Å². The molecule has 0 fully saturated rings. The number of fused-ring (bicyclic) bond motifs is 1. The van der Waals surface area contributed by atoms with Crippen LogP contribution in [-0.4, -0.2) is 11.5 Å². The first-order chi connectivity index (χ1) is 9.78. The summed E-state index contributed by atoms with van der Waals surface area (Å²) in [6, 6.07) is 11.1. The molecule has 0 aliphatic rings. The number of halogens is 1. The Balaban J connectivity index is 2.05. The quantitative estimate of drug-likeness (QED) is 0.672. The van der Waals surface area contributed by atoms with Gasteiger partial charge in [-0.3, -0.25) is 4.98 Å². The minimum atomic E-state index is -0.183. The molecule has 0 spiro atoms. The monoisotopic (exact) mass is 286 g/mol. The topological polar surface area (TPSA) is 16.1 Å². The third kappa shape index (κ3) is 2.51. The lowest BCUT2D eigenvalue weighted by Gasteiger charge is -2.22. The van der Waals surface area contributed by atoms with Gasteiger partial charge in [-0.15, -0.1) is 11.3 Å². The fourth-order valence-corrected chi connectivity index (χ4v) is 3.37. The molecule has 20 heavy (non-hydrogen) atoms. The van der Waals surface area contributed by atoms with E-state index >= 15 is 0 Å². The zero-order valence-electron chi connectivity index (χ0n) is 11.2. The van der Waals surface area contributed by atoms with E-state index in [-0.39, 0.29) is 5.82 Å². The van der Waals surface area contributed by atoms with Crippen LogP contribution in [0.4, 0.5) is 15.1 Å². The second-order valence-corrected chi connectivity index (χ2v) is 5.69. The van der Waals surface area contributed by atoms with Crippen LogP contribution in [0.1, 0.15) is 13.3 Å². The molecule has 0 amide bonds. The van der Waals surface area contributed by atoms with Gasteiger partial charge in [0, 0.05) is 29.3 Å². The standard InChI is InChI=1S/C16H15FN2S/c1-2-9-19(14-5-7-18-8-6-14)16-10-12-3-4-13(17)11-15(12)20-16/h3-8,10-11H,2,9H2,1H3. The number of hydrogen-bond donors (Lipinski definition) is 0. The summed E-state index contributed by atoms with van der Waals surface area (Å²) >= 11 is 1.62. The van der Waals surface area contributed by atoms with Crippen LogP contribution in [0.15, 0.2) is 48.8 Å². The summed E-state index contributed by atoms with van der Waals surface area (Å²) in [5, 5.41) is 2.22. The zero-order valence-corrected chi connectivity index (χ0v) is 12.0. The Bertz CT molecular complexity index is 709. The summed E-state index contributed by atoms with van der Waals surface area (Å²) in [5.41, 5.74) is 1.12. The van der Waals surface area contributed by atoms with Gasteiger partial charge in [0.25, 0.3) is 0 Å². The molecule has 1 aromatic carbocycles. The minimum absolute atomic E-state index is 0.183. The number of nitrogens with zero attached hydrogens (tertiary/aromatic N) is 2. The Morgan fingerprint density at radius 1 is 1.15 bits per heavy atom. The molecule has 3 rings (SSSR count). The van der Waals surface area contributed by atoms with Crippen LogP contribution in [0.3, 0.4) is 0 Å². The van der Waals surface area contributed by atoms with Gasteiger partial charge in [0.05, 0.1) is 5.00 Å². The summed E-state index contributed by atoms with van der Waals surface area (Å²) in [4.78, 5) is 6.32. The van der Waals surface area contributed by atoms with Crippen molar-refractivity contribution >= 4 is 32.1 Å². The van der Waals surface area contributed by atoms with Gasteiger partial charge in [-0.1, -0.05) is 13.0 Å². The van der Waals surface area contributed by atoms with E-state index in [0.29, 0.717) is 0 Å². The molecule has 3 aromatic rings. The number of pyridine rings is 1. The van der Waals surface area contributed by atoms with Gasteiger partial charge in [-0.25, -0.2) is 4.39 Å². The second kappa shape index (κ2) is 5.59. The van der Waals surface area contributed by atoms with Crippen LogP contribution in [0.25, 0.3) is 10.1 Å². The molecule has 0 unspecified atom stereocenters. The number of thiophene rings is 1. The molecule has 2 aromatic heterocycles. The summed E-state index contributed by atoms with van der Waals surface area (Å²) < 4.78 is 14.3. The van der Waals surface area contributed by atoms with E-state index in [9.17, 15) is 4.39 Å². The molecule has 2 nitrogen and oxygen atoms in total. The maximum Gasteiger partial charge on any atom is 0.124 e. The van der Waals surface area contributed by atoms with Crippen LogP contribution in [0, 0.1) is 5.82 Å². The Hall–Kier alpha value is -1.94. The molecule has 4 heteroatoms. The fourth-order valence-electron chi connectivity index (χ4n) is 2.24. The van der Waals surface area contributed by atoms with Gasteiger partial charge in [0.1, 0.15) is 5.82 Å². The van der Waals surface area contributed by atoms with Crippen molar-refractivity contribution in [2.45, 2.75) is 13.3 Å². The molecule has 0 saturated carbocycles. The first-order valence-corrected chi connectivity index (χ1v) is 7.46. The highest BCUT2D eigenvalue weighted by atomic mass is 32.1. The SMILES string of the molecule is CCCN(c1ccncc1)c1cc2ccc(F)cc2s1. The third-order valence-corrected chi connectivity index (χ3v) is 4.28. The number of hydrogen-bond acceptors (Lipinski definition) is 3. The number of benzene rings is 1. The Morgan fingerprint density at radius 3 is 2.70 bits per heavy atom. The lowest BCUT2D eigenvalue weighted by molar-refractivity contribution is 0.630. The molecule has 0 aliphatic carbocycles. The van der Waals surface area contributed by atoms with Gasteiger partial charge < -0.3 is 4.90 Å². The summed E-state index contributed by atoms with van der Waals surface area (Å²) in [6.07, 6.45) is 4.64. The molecule has 0 aliphatic heterocycles. The highest BCUT2D eigenvalue weighted by Gasteiger charge is 2.12. The van der Waals surface area contributed by atoms with Crippen molar-refractivity contribution in [1.29, 1.82) is 0 Å². The van der Waals surface area contributed by atoms with Gasteiger partial charge in [-0.05, 0) is 42.1 Å². The highest BCUT2D eigenvalue weighted by molar-refractivity contribution is 7.22. The predicted molar refractivity (Wildman–Crippen MR) is 83.3 cm³/mol. The molecule has 0 saturated heterocycles. The number of rotatable bonds is 4. The normalized spacial score (nSPS) is 10.9. The molecular weight excluding hydrogens is 271 g/mol. The molecule has 0 atom stereocenters.